The molecule has 0 bridgehead atoms. The monoisotopic (exact) mass is 187 g/mol. The summed E-state index contributed by atoms with van der Waals surface area (Å²) in [5.74, 6) is -0.321. The summed E-state index contributed by atoms with van der Waals surface area (Å²) in [5, 5.41) is 11.7. The van der Waals surface area contributed by atoms with Crippen LogP contribution in [0.2, 0.25) is 0 Å². The average molecular weight is 187 g/mol. The largest absolute Gasteiger partial charge is 0.466 e. The van der Waals surface area contributed by atoms with Gasteiger partial charge in [0.05, 0.1) is 13.7 Å². The Balaban J connectivity index is 3.77. The maximum Gasteiger partial charge on any atom is 0.333 e. The molecule has 0 aromatic carbocycles. The van der Waals surface area contributed by atoms with Crippen LogP contribution in [0.3, 0.4) is 0 Å². The maximum atomic E-state index is 10.9. The molecule has 0 aromatic heterocycles. The van der Waals surface area contributed by atoms with Crippen LogP contribution >= 0.6 is 0 Å². The lowest BCUT2D eigenvalue weighted by molar-refractivity contribution is -0.136. The summed E-state index contributed by atoms with van der Waals surface area (Å²) in [4.78, 5) is 10.9. The fourth-order valence-corrected chi connectivity index (χ4v) is 0.722. The lowest BCUT2D eigenvalue weighted by atomic mass is 10.3. The summed E-state index contributed by atoms with van der Waals surface area (Å²) < 4.78 is 4.51. The van der Waals surface area contributed by atoms with Gasteiger partial charge in [-0.3, -0.25) is 0 Å². The molecule has 0 aromatic rings. The van der Waals surface area contributed by atoms with Crippen LogP contribution in [-0.4, -0.2) is 37.4 Å². The van der Waals surface area contributed by atoms with E-state index >= 15 is 0 Å². The number of methoxy groups -OCH3 is 1. The zero-order chi connectivity index (χ0) is 10.3. The first kappa shape index (κ1) is 12.1. The fourth-order valence-electron chi connectivity index (χ4n) is 0.722. The summed E-state index contributed by atoms with van der Waals surface area (Å²) >= 11 is 0. The van der Waals surface area contributed by atoms with Crippen molar-refractivity contribution in [2.45, 2.75) is 19.9 Å². The van der Waals surface area contributed by atoms with Crippen molar-refractivity contribution in [3.8, 4) is 0 Å². The summed E-state index contributed by atoms with van der Waals surface area (Å²) in [6.45, 7) is 4.20. The van der Waals surface area contributed by atoms with Crippen molar-refractivity contribution in [3.05, 3.63) is 11.6 Å². The van der Waals surface area contributed by atoms with E-state index in [0.717, 1.165) is 0 Å². The van der Waals surface area contributed by atoms with Gasteiger partial charge in [-0.05, 0) is 13.8 Å². The van der Waals surface area contributed by atoms with E-state index < -0.39 is 0 Å². The Morgan fingerprint density at radius 2 is 2.31 bits per heavy atom. The number of aliphatic hydroxyl groups excluding tert-OH is 1. The Morgan fingerprint density at radius 3 is 2.77 bits per heavy atom. The van der Waals surface area contributed by atoms with Crippen molar-refractivity contribution < 1.29 is 14.6 Å². The van der Waals surface area contributed by atoms with Crippen LogP contribution < -0.4 is 5.32 Å². The number of rotatable bonds is 5. The lowest BCUT2D eigenvalue weighted by Gasteiger charge is -2.07. The van der Waals surface area contributed by atoms with Gasteiger partial charge in [0.25, 0.3) is 0 Å². The minimum absolute atomic E-state index is 0.0432. The van der Waals surface area contributed by atoms with E-state index in [4.69, 9.17) is 5.11 Å². The van der Waals surface area contributed by atoms with Gasteiger partial charge < -0.3 is 15.2 Å². The van der Waals surface area contributed by atoms with Crippen molar-refractivity contribution in [1.82, 2.24) is 5.32 Å². The molecule has 4 nitrogen and oxygen atoms in total. The smallest absolute Gasteiger partial charge is 0.333 e. The number of hydrogen-bond acceptors (Lipinski definition) is 4. The summed E-state index contributed by atoms with van der Waals surface area (Å²) in [6, 6.07) is 0.0432. The second-order valence-corrected chi connectivity index (χ2v) is 2.87. The highest BCUT2D eigenvalue weighted by atomic mass is 16.5. The number of carbonyl (C=O) groups excluding carboxylic acids is 1. The highest BCUT2D eigenvalue weighted by Crippen LogP contribution is 1.93. The number of ether oxygens (including phenoxy) is 1. The third-order valence-corrected chi connectivity index (χ3v) is 1.66. The minimum Gasteiger partial charge on any atom is -0.466 e. The zero-order valence-electron chi connectivity index (χ0n) is 8.33. The Kier molecular flexibility index (Phi) is 6.18. The maximum absolute atomic E-state index is 10.9. The number of carbonyl (C=O) groups is 1. The van der Waals surface area contributed by atoms with Crippen LogP contribution in [0.1, 0.15) is 13.8 Å². The molecule has 0 spiro atoms. The van der Waals surface area contributed by atoms with Gasteiger partial charge in [-0.1, -0.05) is 6.08 Å². The molecule has 0 aliphatic carbocycles. The van der Waals surface area contributed by atoms with Gasteiger partial charge in [-0.2, -0.15) is 0 Å². The Hall–Kier alpha value is -0.870. The molecular weight excluding hydrogens is 170 g/mol. The van der Waals surface area contributed by atoms with Crippen LogP contribution in [0.25, 0.3) is 0 Å². The predicted molar refractivity (Wildman–Crippen MR) is 50.3 cm³/mol. The van der Waals surface area contributed by atoms with Crippen molar-refractivity contribution in [1.29, 1.82) is 0 Å². The first-order valence-electron chi connectivity index (χ1n) is 4.21. The lowest BCUT2D eigenvalue weighted by Crippen LogP contribution is -2.29. The summed E-state index contributed by atoms with van der Waals surface area (Å²) in [6.07, 6.45) is 1.73. The summed E-state index contributed by atoms with van der Waals surface area (Å²) in [5.41, 5.74) is 0.570. The van der Waals surface area contributed by atoms with E-state index in [0.29, 0.717) is 12.1 Å². The molecule has 0 fully saturated rings. The van der Waals surface area contributed by atoms with Crippen molar-refractivity contribution >= 4 is 5.97 Å². The molecule has 0 saturated heterocycles. The number of nitrogens with one attached hydrogen (secondary N) is 1. The Bertz CT molecular complexity index is 189. The van der Waals surface area contributed by atoms with Crippen LogP contribution in [0, 0.1) is 0 Å². The SMILES string of the molecule is COC(=O)C(C)=CCNC(C)CO. The van der Waals surface area contributed by atoms with E-state index in [1.54, 1.807) is 13.0 Å². The molecule has 2 N–H and O–H groups in total. The molecule has 0 heterocycles. The average Bonchev–Trinajstić information content (AvgIpc) is 2.15. The Labute approximate surface area is 78.6 Å². The molecule has 76 valence electrons. The van der Waals surface area contributed by atoms with Gasteiger partial charge in [0.1, 0.15) is 0 Å². The summed E-state index contributed by atoms with van der Waals surface area (Å²) in [7, 11) is 1.35. The minimum atomic E-state index is -0.321. The topological polar surface area (TPSA) is 58.6 Å². The molecular formula is C9H17NO3. The van der Waals surface area contributed by atoms with Crippen molar-refractivity contribution in [3.63, 3.8) is 0 Å². The van der Waals surface area contributed by atoms with Crippen LogP contribution in [0.15, 0.2) is 11.6 Å². The van der Waals surface area contributed by atoms with Gasteiger partial charge in [-0.25, -0.2) is 4.79 Å². The Morgan fingerprint density at radius 1 is 1.69 bits per heavy atom. The standard InChI is InChI=1S/C9H17NO3/c1-7(9(12)13-3)4-5-10-8(2)6-11/h4,8,10-11H,5-6H2,1-3H3. The van der Waals surface area contributed by atoms with E-state index in [-0.39, 0.29) is 18.6 Å². The van der Waals surface area contributed by atoms with E-state index in [1.807, 2.05) is 6.92 Å². The van der Waals surface area contributed by atoms with Gasteiger partial charge in [0.2, 0.25) is 0 Å². The highest BCUT2D eigenvalue weighted by Gasteiger charge is 2.02. The van der Waals surface area contributed by atoms with E-state index in [2.05, 4.69) is 10.1 Å². The molecule has 4 heteroatoms. The molecule has 0 aliphatic rings. The van der Waals surface area contributed by atoms with Gasteiger partial charge >= 0.3 is 5.97 Å². The molecule has 0 radical (unpaired) electrons. The second kappa shape index (κ2) is 6.62. The molecule has 13 heavy (non-hydrogen) atoms. The number of esters is 1. The predicted octanol–water partition coefficient (Wildman–Crippen LogP) is 0.0761. The van der Waals surface area contributed by atoms with Crippen LogP contribution in [0.4, 0.5) is 0 Å². The number of aliphatic hydroxyl groups is 1. The first-order valence-corrected chi connectivity index (χ1v) is 4.21. The van der Waals surface area contributed by atoms with Gasteiger partial charge in [0.15, 0.2) is 0 Å². The third kappa shape index (κ3) is 5.38. The fraction of sp³-hybridized carbons (Fsp3) is 0.667. The van der Waals surface area contributed by atoms with Crippen molar-refractivity contribution in [2.24, 2.45) is 0 Å². The quantitative estimate of drug-likeness (QED) is 0.472. The second-order valence-electron chi connectivity index (χ2n) is 2.87. The molecule has 0 aliphatic heterocycles. The molecule has 1 unspecified atom stereocenters. The third-order valence-electron chi connectivity index (χ3n) is 1.66. The highest BCUT2D eigenvalue weighted by molar-refractivity contribution is 5.87. The normalized spacial score (nSPS) is 14.0. The van der Waals surface area contributed by atoms with Gasteiger partial charge in [0, 0.05) is 18.2 Å². The van der Waals surface area contributed by atoms with Crippen LogP contribution in [-0.2, 0) is 9.53 Å². The van der Waals surface area contributed by atoms with Gasteiger partial charge in [-0.15, -0.1) is 0 Å². The zero-order valence-corrected chi connectivity index (χ0v) is 8.33. The van der Waals surface area contributed by atoms with E-state index in [9.17, 15) is 4.79 Å². The number of hydrogen-bond donors (Lipinski definition) is 2. The first-order chi connectivity index (χ1) is 6.11. The molecule has 0 amide bonds. The van der Waals surface area contributed by atoms with Crippen LogP contribution in [0.5, 0.6) is 0 Å². The van der Waals surface area contributed by atoms with Crippen molar-refractivity contribution in [2.75, 3.05) is 20.3 Å². The molecule has 0 rings (SSSR count). The molecule has 1 atom stereocenters. The van der Waals surface area contributed by atoms with E-state index in [1.165, 1.54) is 7.11 Å². The molecule has 0 saturated carbocycles.